The van der Waals surface area contributed by atoms with E-state index in [2.05, 4.69) is 0 Å². The van der Waals surface area contributed by atoms with E-state index in [0.29, 0.717) is 31.2 Å². The summed E-state index contributed by atoms with van der Waals surface area (Å²) in [5.74, 6) is -0.864. The second kappa shape index (κ2) is 4.77. The topological polar surface area (TPSA) is 44.8 Å². The molecule has 0 fully saturated rings. The van der Waals surface area contributed by atoms with E-state index >= 15 is 0 Å². The Hall–Kier alpha value is -0.870. The lowest BCUT2D eigenvalue weighted by Gasteiger charge is -2.40. The van der Waals surface area contributed by atoms with Crippen LogP contribution >= 0.6 is 0 Å². The van der Waals surface area contributed by atoms with Crippen molar-refractivity contribution in [2.24, 2.45) is 0 Å². The zero-order valence-electron chi connectivity index (χ0n) is 9.75. The van der Waals surface area contributed by atoms with E-state index in [1.165, 1.54) is 0 Å². The molecule has 0 atom stereocenters. The number of hydrogen-bond donors (Lipinski definition) is 0. The van der Waals surface area contributed by atoms with E-state index < -0.39 is 5.79 Å². The van der Waals surface area contributed by atoms with Gasteiger partial charge in [-0.3, -0.25) is 4.79 Å². The fourth-order valence-corrected chi connectivity index (χ4v) is 1.70. The quantitative estimate of drug-likeness (QED) is 0.631. The van der Waals surface area contributed by atoms with Gasteiger partial charge in [-0.15, -0.1) is 0 Å². The lowest BCUT2D eigenvalue weighted by atomic mass is 9.88. The first kappa shape index (κ1) is 12.2. The van der Waals surface area contributed by atoms with Gasteiger partial charge in [-0.2, -0.15) is 0 Å². The van der Waals surface area contributed by atoms with Crippen LogP contribution < -0.4 is 0 Å². The van der Waals surface area contributed by atoms with Gasteiger partial charge >= 0.3 is 0 Å². The van der Waals surface area contributed by atoms with E-state index in [9.17, 15) is 4.79 Å². The van der Waals surface area contributed by atoms with E-state index in [1.807, 2.05) is 20.8 Å². The second-order valence-electron chi connectivity index (χ2n) is 3.20. The third kappa shape index (κ3) is 1.79. The summed E-state index contributed by atoms with van der Waals surface area (Å²) in [6.45, 7) is 8.57. The molecule has 0 heterocycles. The second-order valence-corrected chi connectivity index (χ2v) is 3.20. The molecule has 1 aliphatic rings. The number of hydrogen-bond acceptors (Lipinski definition) is 4. The highest BCUT2D eigenvalue weighted by molar-refractivity contribution is 6.10. The van der Waals surface area contributed by atoms with Crippen molar-refractivity contribution in [1.82, 2.24) is 0 Å². The summed E-state index contributed by atoms with van der Waals surface area (Å²) in [6.07, 6.45) is 0. The average Bonchev–Trinajstić information content (AvgIpc) is 2.24. The van der Waals surface area contributed by atoms with Crippen LogP contribution in [0, 0.1) is 0 Å². The van der Waals surface area contributed by atoms with Crippen molar-refractivity contribution < 1.29 is 19.0 Å². The van der Waals surface area contributed by atoms with Crippen LogP contribution in [0.1, 0.15) is 27.7 Å². The van der Waals surface area contributed by atoms with Gasteiger partial charge in [0.1, 0.15) is 0 Å². The molecule has 0 aliphatic heterocycles. The average molecular weight is 214 g/mol. The van der Waals surface area contributed by atoms with Gasteiger partial charge < -0.3 is 14.2 Å². The summed E-state index contributed by atoms with van der Waals surface area (Å²) >= 11 is 0. The van der Waals surface area contributed by atoms with Crippen LogP contribution in [0.5, 0.6) is 0 Å². The summed E-state index contributed by atoms with van der Waals surface area (Å²) in [5, 5.41) is 0. The zero-order chi connectivity index (χ0) is 11.5. The maximum Gasteiger partial charge on any atom is 0.294 e. The van der Waals surface area contributed by atoms with Gasteiger partial charge in [0, 0.05) is 18.8 Å². The number of carbonyl (C=O) groups is 1. The summed E-state index contributed by atoms with van der Waals surface area (Å²) in [6, 6.07) is 0. The van der Waals surface area contributed by atoms with Crippen molar-refractivity contribution in [3.63, 3.8) is 0 Å². The molecule has 0 N–H and O–H groups in total. The minimum Gasteiger partial charge on any atom is -0.492 e. The molecule has 0 bridgehead atoms. The molecule has 4 nitrogen and oxygen atoms in total. The van der Waals surface area contributed by atoms with E-state index in [0.717, 1.165) is 0 Å². The van der Waals surface area contributed by atoms with Crippen molar-refractivity contribution in [2.45, 2.75) is 33.5 Å². The Balaban J connectivity index is 2.93. The number of Topliss-reactive ketones (excluding diaryl/α,β-unsaturated/α-hetero) is 1. The Bertz CT molecular complexity index is 274. The van der Waals surface area contributed by atoms with Crippen molar-refractivity contribution in [3.8, 4) is 0 Å². The molecule has 0 saturated carbocycles. The number of ketones is 1. The molecule has 4 heteroatoms. The Morgan fingerprint density at radius 1 is 1.07 bits per heavy atom. The smallest absolute Gasteiger partial charge is 0.294 e. The monoisotopic (exact) mass is 214 g/mol. The van der Waals surface area contributed by atoms with Crippen LogP contribution in [0.15, 0.2) is 11.3 Å². The van der Waals surface area contributed by atoms with Crippen molar-refractivity contribution in [2.75, 3.05) is 19.8 Å². The Labute approximate surface area is 90.2 Å². The first-order valence-corrected chi connectivity index (χ1v) is 5.30. The minimum atomic E-state index is -1.26. The highest BCUT2D eigenvalue weighted by Crippen LogP contribution is 2.39. The lowest BCUT2D eigenvalue weighted by molar-refractivity contribution is -0.230. The molecule has 0 amide bonds. The van der Waals surface area contributed by atoms with Crippen molar-refractivity contribution in [1.29, 1.82) is 0 Å². The SMILES string of the molecule is CCOC1=C(C)C(=O)C1(OCC)OCC. The first-order valence-electron chi connectivity index (χ1n) is 5.30. The molecule has 0 radical (unpaired) electrons. The number of rotatable bonds is 6. The van der Waals surface area contributed by atoms with Gasteiger partial charge in [0.15, 0.2) is 5.76 Å². The van der Waals surface area contributed by atoms with Crippen molar-refractivity contribution in [3.05, 3.63) is 11.3 Å². The van der Waals surface area contributed by atoms with Crippen LogP contribution in [0.2, 0.25) is 0 Å². The molecule has 0 unspecified atom stereocenters. The Kier molecular flexibility index (Phi) is 3.88. The number of carbonyl (C=O) groups excluding carboxylic acids is 1. The normalized spacial score (nSPS) is 19.1. The van der Waals surface area contributed by atoms with Gasteiger partial charge in [-0.05, 0) is 27.7 Å². The lowest BCUT2D eigenvalue weighted by Crippen LogP contribution is -2.55. The fourth-order valence-electron chi connectivity index (χ4n) is 1.70. The molecule has 0 aromatic carbocycles. The largest absolute Gasteiger partial charge is 0.492 e. The highest BCUT2D eigenvalue weighted by Gasteiger charge is 2.56. The van der Waals surface area contributed by atoms with Crippen LogP contribution in [-0.4, -0.2) is 31.4 Å². The first-order chi connectivity index (χ1) is 7.14. The maximum atomic E-state index is 11.8. The molecular formula is C11H18O4. The molecule has 0 saturated heterocycles. The molecule has 1 aliphatic carbocycles. The van der Waals surface area contributed by atoms with Crippen LogP contribution in [-0.2, 0) is 19.0 Å². The van der Waals surface area contributed by atoms with E-state index in [4.69, 9.17) is 14.2 Å². The molecular weight excluding hydrogens is 196 g/mol. The third-order valence-corrected chi connectivity index (χ3v) is 2.26. The molecule has 15 heavy (non-hydrogen) atoms. The summed E-state index contributed by atoms with van der Waals surface area (Å²) in [7, 11) is 0. The van der Waals surface area contributed by atoms with Crippen LogP contribution in [0.25, 0.3) is 0 Å². The predicted octanol–water partition coefficient (Wildman–Crippen LogP) is 1.65. The van der Waals surface area contributed by atoms with Crippen LogP contribution in [0.4, 0.5) is 0 Å². The molecule has 1 rings (SSSR count). The summed E-state index contributed by atoms with van der Waals surface area (Å²) in [5.41, 5.74) is 0.596. The molecule has 86 valence electrons. The Morgan fingerprint density at radius 2 is 1.60 bits per heavy atom. The van der Waals surface area contributed by atoms with Crippen LogP contribution in [0.3, 0.4) is 0 Å². The minimum absolute atomic E-state index is 0.130. The highest BCUT2D eigenvalue weighted by atomic mass is 16.7. The summed E-state index contributed by atoms with van der Waals surface area (Å²) < 4.78 is 16.2. The van der Waals surface area contributed by atoms with E-state index in [1.54, 1.807) is 6.92 Å². The van der Waals surface area contributed by atoms with Crippen molar-refractivity contribution >= 4 is 5.78 Å². The zero-order valence-corrected chi connectivity index (χ0v) is 9.75. The van der Waals surface area contributed by atoms with E-state index in [-0.39, 0.29) is 5.78 Å². The third-order valence-electron chi connectivity index (χ3n) is 2.26. The Morgan fingerprint density at radius 3 is 2.00 bits per heavy atom. The molecule has 0 aromatic rings. The van der Waals surface area contributed by atoms with Gasteiger partial charge in [-0.1, -0.05) is 0 Å². The predicted molar refractivity (Wildman–Crippen MR) is 55.3 cm³/mol. The molecule has 0 aromatic heterocycles. The van der Waals surface area contributed by atoms with Gasteiger partial charge in [0.2, 0.25) is 5.78 Å². The van der Waals surface area contributed by atoms with Gasteiger partial charge in [0.25, 0.3) is 5.79 Å². The molecule has 0 spiro atoms. The summed E-state index contributed by atoms with van der Waals surface area (Å²) in [4.78, 5) is 11.8. The van der Waals surface area contributed by atoms with Gasteiger partial charge in [-0.25, -0.2) is 0 Å². The maximum absolute atomic E-state index is 11.8. The standard InChI is InChI=1S/C11H18O4/c1-5-13-10-8(4)9(12)11(10,14-6-2)15-7-3/h5-7H2,1-4H3. The fraction of sp³-hybridized carbons (Fsp3) is 0.727. The van der Waals surface area contributed by atoms with Gasteiger partial charge in [0.05, 0.1) is 6.61 Å². The number of ether oxygens (including phenoxy) is 3.